The van der Waals surface area contributed by atoms with Gasteiger partial charge in [0.25, 0.3) is 5.91 Å². The number of aliphatic imine (C=N–C) groups is 1. The first-order valence-electron chi connectivity index (χ1n) is 10.3. The second-order valence-corrected chi connectivity index (χ2v) is 11.6. The molecule has 0 aliphatic carbocycles. The molecule has 4 rings (SSSR count). The Hall–Kier alpha value is -2.32. The van der Waals surface area contributed by atoms with Gasteiger partial charge in [0, 0.05) is 10.9 Å². The predicted molar refractivity (Wildman–Crippen MR) is 126 cm³/mol. The molecule has 0 bridgehead atoms. The van der Waals surface area contributed by atoms with Gasteiger partial charge in [-0.05, 0) is 35.2 Å². The van der Waals surface area contributed by atoms with Gasteiger partial charge in [-0.3, -0.25) is 4.79 Å². The van der Waals surface area contributed by atoms with Gasteiger partial charge in [0.05, 0.1) is 31.1 Å². The third kappa shape index (κ3) is 4.65. The molecule has 2 saturated heterocycles. The number of ether oxygens (including phenoxy) is 1. The van der Waals surface area contributed by atoms with Gasteiger partial charge in [-0.1, -0.05) is 55.9 Å². The number of sulfone groups is 1. The number of carbonyl (C=O) groups is 1. The number of amidine groups is 1. The lowest BCUT2D eigenvalue weighted by Crippen LogP contribution is -2.38. The molecule has 0 radical (unpaired) electrons. The van der Waals surface area contributed by atoms with Crippen LogP contribution in [0.15, 0.2) is 53.5 Å². The lowest BCUT2D eigenvalue weighted by atomic mass is 9.99. The third-order valence-electron chi connectivity index (χ3n) is 5.62. The number of fused-ring (bicyclic) bond motifs is 1. The second kappa shape index (κ2) is 8.67. The maximum atomic E-state index is 12.8. The Morgan fingerprint density at radius 3 is 2.55 bits per heavy atom. The number of anilines is 1. The number of thioether (sulfide) groups is 1. The smallest absolute Gasteiger partial charge is 0.252 e. The molecule has 8 heteroatoms. The van der Waals surface area contributed by atoms with E-state index in [1.807, 2.05) is 47.4 Å². The van der Waals surface area contributed by atoms with E-state index in [1.165, 1.54) is 11.8 Å². The highest BCUT2D eigenvalue weighted by molar-refractivity contribution is 8.16. The van der Waals surface area contributed by atoms with Gasteiger partial charge >= 0.3 is 0 Å². The summed E-state index contributed by atoms with van der Waals surface area (Å²) in [5, 5.41) is 0.481. The number of para-hydroxylation sites is 1. The Kier molecular flexibility index (Phi) is 6.12. The van der Waals surface area contributed by atoms with Crippen LogP contribution in [0.1, 0.15) is 30.9 Å². The number of nitrogens with zero attached hydrogens (tertiary/aromatic N) is 2. The summed E-state index contributed by atoms with van der Waals surface area (Å²) in [6.45, 7) is 4.22. The van der Waals surface area contributed by atoms with Crippen molar-refractivity contribution in [3.05, 3.63) is 59.7 Å². The first-order chi connectivity index (χ1) is 14.8. The molecule has 0 spiro atoms. The van der Waals surface area contributed by atoms with Crippen LogP contribution >= 0.6 is 11.8 Å². The Morgan fingerprint density at radius 1 is 1.16 bits per heavy atom. The lowest BCUT2D eigenvalue weighted by Gasteiger charge is -2.28. The minimum atomic E-state index is -3.10. The number of methoxy groups -OCH3 is 1. The van der Waals surface area contributed by atoms with Crippen molar-refractivity contribution < 1.29 is 17.9 Å². The van der Waals surface area contributed by atoms with Crippen LogP contribution in [0.4, 0.5) is 5.69 Å². The topological polar surface area (TPSA) is 76.0 Å². The van der Waals surface area contributed by atoms with Crippen molar-refractivity contribution in [2.24, 2.45) is 4.99 Å². The number of benzene rings is 2. The third-order valence-corrected chi connectivity index (χ3v) is 8.83. The fraction of sp³-hybridized carbons (Fsp3) is 0.391. The average Bonchev–Trinajstić information content (AvgIpc) is 3.19. The van der Waals surface area contributed by atoms with Crippen molar-refractivity contribution in [2.75, 3.05) is 23.5 Å². The summed E-state index contributed by atoms with van der Waals surface area (Å²) in [5.74, 6) is 0.952. The number of hydrogen-bond donors (Lipinski definition) is 0. The molecule has 1 amide bonds. The molecular formula is C23H26N2O4S2. The Bertz CT molecular complexity index is 1110. The van der Waals surface area contributed by atoms with E-state index in [0.717, 1.165) is 22.6 Å². The minimum Gasteiger partial charge on any atom is -0.497 e. The van der Waals surface area contributed by atoms with E-state index in [-0.39, 0.29) is 41.0 Å². The number of rotatable bonds is 5. The van der Waals surface area contributed by atoms with E-state index in [0.29, 0.717) is 5.17 Å². The molecule has 2 aliphatic rings. The van der Waals surface area contributed by atoms with Crippen LogP contribution < -0.4 is 9.64 Å². The van der Waals surface area contributed by atoms with Crippen LogP contribution in [-0.2, 0) is 21.1 Å². The minimum absolute atomic E-state index is 0.0861. The Balaban J connectivity index is 1.66. The van der Waals surface area contributed by atoms with Gasteiger partial charge in [-0.15, -0.1) is 0 Å². The highest BCUT2D eigenvalue weighted by atomic mass is 32.2. The fourth-order valence-electron chi connectivity index (χ4n) is 4.11. The summed E-state index contributed by atoms with van der Waals surface area (Å²) in [4.78, 5) is 19.2. The van der Waals surface area contributed by atoms with Crippen LogP contribution in [0.5, 0.6) is 5.75 Å². The van der Waals surface area contributed by atoms with Gasteiger partial charge in [-0.2, -0.15) is 4.99 Å². The number of hydrogen-bond acceptors (Lipinski definition) is 5. The van der Waals surface area contributed by atoms with Crippen LogP contribution in [0.2, 0.25) is 0 Å². The molecule has 2 aromatic rings. The molecule has 0 unspecified atom stereocenters. The molecule has 2 aromatic carbocycles. The highest BCUT2D eigenvalue weighted by Crippen LogP contribution is 2.43. The van der Waals surface area contributed by atoms with Gasteiger partial charge in [0.2, 0.25) is 0 Å². The van der Waals surface area contributed by atoms with Gasteiger partial charge < -0.3 is 9.64 Å². The first-order valence-corrected chi connectivity index (χ1v) is 13.0. The van der Waals surface area contributed by atoms with Crippen molar-refractivity contribution >= 4 is 38.4 Å². The SMILES string of the molecule is COc1ccc(CC(=O)N=C2S[C@H]3CS(=O)(=O)C[C@@H]3N2c2ccccc2C(C)C)cc1. The normalized spacial score (nSPS) is 23.4. The summed E-state index contributed by atoms with van der Waals surface area (Å²) < 4.78 is 29.8. The van der Waals surface area contributed by atoms with E-state index in [4.69, 9.17) is 4.74 Å². The fourth-order valence-corrected chi connectivity index (χ4v) is 8.03. The van der Waals surface area contributed by atoms with Crippen LogP contribution in [0.3, 0.4) is 0 Å². The molecule has 2 fully saturated rings. The summed E-state index contributed by atoms with van der Waals surface area (Å²) in [6, 6.07) is 15.1. The standard InChI is InChI=1S/C23H26N2O4S2/c1-15(2)18-6-4-5-7-19(18)25-20-13-31(27,28)14-21(20)30-23(25)24-22(26)12-16-8-10-17(29-3)11-9-16/h4-11,15,20-21H,12-14H2,1-3H3/t20-,21-/m0/s1. The summed E-state index contributed by atoms with van der Waals surface area (Å²) >= 11 is 1.41. The van der Waals surface area contributed by atoms with E-state index >= 15 is 0 Å². The average molecular weight is 459 g/mol. The van der Waals surface area contributed by atoms with E-state index in [2.05, 4.69) is 24.9 Å². The largest absolute Gasteiger partial charge is 0.497 e. The molecule has 31 heavy (non-hydrogen) atoms. The molecule has 6 nitrogen and oxygen atoms in total. The lowest BCUT2D eigenvalue weighted by molar-refractivity contribution is -0.117. The van der Waals surface area contributed by atoms with E-state index in [9.17, 15) is 13.2 Å². The number of amides is 1. The van der Waals surface area contributed by atoms with Crippen LogP contribution in [-0.4, -0.2) is 49.4 Å². The van der Waals surface area contributed by atoms with Gasteiger partial charge in [0.1, 0.15) is 5.75 Å². The van der Waals surface area contributed by atoms with Crippen molar-refractivity contribution in [2.45, 2.75) is 37.5 Å². The predicted octanol–water partition coefficient (Wildman–Crippen LogP) is 3.66. The van der Waals surface area contributed by atoms with E-state index < -0.39 is 9.84 Å². The second-order valence-electron chi connectivity index (χ2n) is 8.20. The van der Waals surface area contributed by atoms with Crippen LogP contribution in [0.25, 0.3) is 0 Å². The van der Waals surface area contributed by atoms with Crippen molar-refractivity contribution in [3.63, 3.8) is 0 Å². The first kappa shape index (κ1) is 21.9. The quantitative estimate of drug-likeness (QED) is 0.681. The van der Waals surface area contributed by atoms with E-state index in [1.54, 1.807) is 7.11 Å². The van der Waals surface area contributed by atoms with Crippen LogP contribution in [0, 0.1) is 0 Å². The number of carbonyl (C=O) groups excluding carboxylic acids is 1. The van der Waals surface area contributed by atoms with Gasteiger partial charge in [-0.25, -0.2) is 8.42 Å². The molecule has 0 N–H and O–H groups in total. The summed E-state index contributed by atoms with van der Waals surface area (Å²) in [7, 11) is -1.50. The summed E-state index contributed by atoms with van der Waals surface area (Å²) in [5.41, 5.74) is 2.91. The monoisotopic (exact) mass is 458 g/mol. The Labute approximate surface area is 187 Å². The summed E-state index contributed by atoms with van der Waals surface area (Å²) in [6.07, 6.45) is 0.182. The molecule has 2 atom stereocenters. The zero-order chi connectivity index (χ0) is 22.2. The van der Waals surface area contributed by atoms with Gasteiger partial charge in [0.15, 0.2) is 15.0 Å². The molecule has 2 aliphatic heterocycles. The molecule has 0 saturated carbocycles. The van der Waals surface area contributed by atoms with Crippen molar-refractivity contribution in [1.29, 1.82) is 0 Å². The molecule has 0 aromatic heterocycles. The zero-order valence-electron chi connectivity index (χ0n) is 17.8. The van der Waals surface area contributed by atoms with Crippen molar-refractivity contribution in [3.8, 4) is 5.75 Å². The van der Waals surface area contributed by atoms with Crippen molar-refractivity contribution in [1.82, 2.24) is 0 Å². The highest BCUT2D eigenvalue weighted by Gasteiger charge is 2.49. The maximum absolute atomic E-state index is 12.8. The maximum Gasteiger partial charge on any atom is 0.252 e. The Morgan fingerprint density at radius 2 is 1.87 bits per heavy atom. The molecule has 2 heterocycles. The molecular weight excluding hydrogens is 432 g/mol. The molecule has 164 valence electrons. The zero-order valence-corrected chi connectivity index (χ0v) is 19.4.